The first-order chi connectivity index (χ1) is 7.90. The molecule has 0 fully saturated rings. The zero-order valence-corrected chi connectivity index (χ0v) is 9.07. The Kier molecular flexibility index (Phi) is 3.86. The molecule has 0 aliphatic rings. The average Bonchev–Trinajstić information content (AvgIpc) is 2.21. The lowest BCUT2D eigenvalue weighted by atomic mass is 10.3. The number of hydrogen-bond donors (Lipinski definition) is 3. The zero-order valence-electron chi connectivity index (χ0n) is 9.07. The SMILES string of the molecule is CC(Oc1ccc(N)cc1F)C(=O)NC(N)=O. The van der Waals surface area contributed by atoms with E-state index in [4.69, 9.17) is 16.2 Å². The minimum Gasteiger partial charge on any atom is -0.478 e. The second kappa shape index (κ2) is 5.15. The molecule has 17 heavy (non-hydrogen) atoms. The number of primary amides is 1. The summed E-state index contributed by atoms with van der Waals surface area (Å²) in [7, 11) is 0. The molecule has 0 spiro atoms. The Morgan fingerprint density at radius 3 is 2.65 bits per heavy atom. The van der Waals surface area contributed by atoms with Gasteiger partial charge in [0.1, 0.15) is 0 Å². The van der Waals surface area contributed by atoms with E-state index < -0.39 is 23.9 Å². The zero-order chi connectivity index (χ0) is 13.0. The molecule has 5 N–H and O–H groups in total. The standard InChI is InChI=1S/C10H12FN3O3/c1-5(9(15)14-10(13)16)17-8-3-2-6(12)4-7(8)11/h2-5H,12H2,1H3,(H3,13,14,15,16). The van der Waals surface area contributed by atoms with E-state index >= 15 is 0 Å². The summed E-state index contributed by atoms with van der Waals surface area (Å²) in [6, 6.07) is 2.78. The number of anilines is 1. The number of carbonyl (C=O) groups is 2. The minimum absolute atomic E-state index is 0.133. The Labute approximate surface area is 96.7 Å². The summed E-state index contributed by atoms with van der Waals surface area (Å²) >= 11 is 0. The Bertz CT molecular complexity index is 450. The van der Waals surface area contributed by atoms with E-state index in [2.05, 4.69) is 0 Å². The topological polar surface area (TPSA) is 107 Å². The highest BCUT2D eigenvalue weighted by Gasteiger charge is 2.17. The summed E-state index contributed by atoms with van der Waals surface area (Å²) in [6.07, 6.45) is -1.05. The van der Waals surface area contributed by atoms with Crippen molar-refractivity contribution in [2.45, 2.75) is 13.0 Å². The number of benzene rings is 1. The van der Waals surface area contributed by atoms with Gasteiger partial charge in [-0.25, -0.2) is 9.18 Å². The number of rotatable bonds is 3. The van der Waals surface area contributed by atoms with Crippen molar-refractivity contribution >= 4 is 17.6 Å². The van der Waals surface area contributed by atoms with Crippen molar-refractivity contribution in [2.24, 2.45) is 5.73 Å². The fraction of sp³-hybridized carbons (Fsp3) is 0.200. The third-order valence-corrected chi connectivity index (χ3v) is 1.88. The lowest BCUT2D eigenvalue weighted by Gasteiger charge is -2.13. The molecule has 6 nitrogen and oxygen atoms in total. The molecule has 1 atom stereocenters. The number of amides is 3. The van der Waals surface area contributed by atoms with Crippen molar-refractivity contribution in [3.63, 3.8) is 0 Å². The monoisotopic (exact) mass is 241 g/mol. The first-order valence-corrected chi connectivity index (χ1v) is 4.72. The van der Waals surface area contributed by atoms with Crippen LogP contribution in [0.15, 0.2) is 18.2 Å². The number of ether oxygens (including phenoxy) is 1. The molecule has 1 aromatic carbocycles. The quantitative estimate of drug-likeness (QED) is 0.664. The van der Waals surface area contributed by atoms with Gasteiger partial charge in [-0.1, -0.05) is 0 Å². The number of nitrogen functional groups attached to an aromatic ring is 1. The highest BCUT2D eigenvalue weighted by molar-refractivity contribution is 5.95. The largest absolute Gasteiger partial charge is 0.478 e. The van der Waals surface area contributed by atoms with Crippen LogP contribution in [-0.4, -0.2) is 18.0 Å². The number of hydrogen-bond acceptors (Lipinski definition) is 4. The van der Waals surface area contributed by atoms with Crippen molar-refractivity contribution in [3.8, 4) is 5.75 Å². The molecule has 1 aromatic rings. The summed E-state index contributed by atoms with van der Waals surface area (Å²) in [5.41, 5.74) is 10.3. The van der Waals surface area contributed by atoms with Crippen molar-refractivity contribution in [3.05, 3.63) is 24.0 Å². The van der Waals surface area contributed by atoms with Crippen molar-refractivity contribution in [2.75, 3.05) is 5.73 Å². The summed E-state index contributed by atoms with van der Waals surface area (Å²) in [4.78, 5) is 21.7. The highest BCUT2D eigenvalue weighted by Crippen LogP contribution is 2.20. The van der Waals surface area contributed by atoms with Crippen LogP contribution in [0.5, 0.6) is 5.75 Å². The molecule has 0 saturated heterocycles. The number of imide groups is 1. The van der Waals surface area contributed by atoms with Crippen molar-refractivity contribution in [1.29, 1.82) is 0 Å². The van der Waals surface area contributed by atoms with Gasteiger partial charge in [-0.2, -0.15) is 0 Å². The normalized spacial score (nSPS) is 11.6. The predicted molar refractivity (Wildman–Crippen MR) is 58.6 cm³/mol. The summed E-state index contributed by atoms with van der Waals surface area (Å²) < 4.78 is 18.3. The third kappa shape index (κ3) is 3.63. The molecule has 0 heterocycles. The summed E-state index contributed by atoms with van der Waals surface area (Å²) in [5, 5.41) is 1.82. The molecule has 1 rings (SSSR count). The molecule has 3 amide bonds. The maximum atomic E-state index is 13.3. The van der Waals surface area contributed by atoms with Gasteiger partial charge in [0.15, 0.2) is 17.7 Å². The molecule has 0 aromatic heterocycles. The van der Waals surface area contributed by atoms with Crippen molar-refractivity contribution in [1.82, 2.24) is 5.32 Å². The number of carbonyl (C=O) groups excluding carboxylic acids is 2. The maximum Gasteiger partial charge on any atom is 0.318 e. The second-order valence-corrected chi connectivity index (χ2v) is 3.30. The Morgan fingerprint density at radius 1 is 1.47 bits per heavy atom. The van der Waals surface area contributed by atoms with E-state index in [0.29, 0.717) is 0 Å². The van der Waals surface area contributed by atoms with Crippen LogP contribution >= 0.6 is 0 Å². The number of nitrogens with two attached hydrogens (primary N) is 2. The van der Waals surface area contributed by atoms with E-state index in [1.807, 2.05) is 5.32 Å². The van der Waals surface area contributed by atoms with Gasteiger partial charge >= 0.3 is 6.03 Å². The van der Waals surface area contributed by atoms with Gasteiger partial charge in [0.05, 0.1) is 0 Å². The first kappa shape index (κ1) is 12.8. The van der Waals surface area contributed by atoms with Gasteiger partial charge in [0, 0.05) is 11.8 Å². The fourth-order valence-corrected chi connectivity index (χ4v) is 1.08. The van der Waals surface area contributed by atoms with Crippen LogP contribution < -0.4 is 21.5 Å². The summed E-state index contributed by atoms with van der Waals surface area (Å²) in [6.45, 7) is 1.36. The fourth-order valence-electron chi connectivity index (χ4n) is 1.08. The van der Waals surface area contributed by atoms with Crippen LogP contribution in [0.25, 0.3) is 0 Å². The molecule has 1 unspecified atom stereocenters. The van der Waals surface area contributed by atoms with Crippen LogP contribution in [0, 0.1) is 5.82 Å². The van der Waals surface area contributed by atoms with Crippen LogP contribution in [0.2, 0.25) is 0 Å². The summed E-state index contributed by atoms with van der Waals surface area (Å²) in [5.74, 6) is -1.58. The van der Waals surface area contributed by atoms with Crippen LogP contribution in [-0.2, 0) is 4.79 Å². The molecule has 0 aliphatic carbocycles. The van der Waals surface area contributed by atoms with Gasteiger partial charge in [0.25, 0.3) is 5.91 Å². The van der Waals surface area contributed by atoms with Gasteiger partial charge < -0.3 is 16.2 Å². The molecule has 0 saturated carbocycles. The molecule has 7 heteroatoms. The van der Waals surface area contributed by atoms with Gasteiger partial charge in [-0.15, -0.1) is 0 Å². The van der Waals surface area contributed by atoms with Gasteiger partial charge in [-0.05, 0) is 19.1 Å². The molecule has 0 bridgehead atoms. The van der Waals surface area contributed by atoms with Gasteiger partial charge in [0.2, 0.25) is 0 Å². The number of halogens is 1. The van der Waals surface area contributed by atoms with E-state index in [0.717, 1.165) is 6.07 Å². The Morgan fingerprint density at radius 2 is 2.12 bits per heavy atom. The molecular weight excluding hydrogens is 229 g/mol. The number of nitrogens with one attached hydrogen (secondary N) is 1. The van der Waals surface area contributed by atoms with Crippen LogP contribution in [0.3, 0.4) is 0 Å². The molecular formula is C10H12FN3O3. The highest BCUT2D eigenvalue weighted by atomic mass is 19.1. The minimum atomic E-state index is -1.05. The van der Waals surface area contributed by atoms with E-state index in [1.165, 1.54) is 19.1 Å². The molecule has 0 aliphatic heterocycles. The van der Waals surface area contributed by atoms with Crippen molar-refractivity contribution < 1.29 is 18.7 Å². The smallest absolute Gasteiger partial charge is 0.318 e. The average molecular weight is 241 g/mol. The number of urea groups is 1. The third-order valence-electron chi connectivity index (χ3n) is 1.88. The Balaban J connectivity index is 2.70. The predicted octanol–water partition coefficient (Wildman–Crippen LogP) is 0.370. The van der Waals surface area contributed by atoms with Gasteiger partial charge in [-0.3, -0.25) is 10.1 Å². The first-order valence-electron chi connectivity index (χ1n) is 4.72. The lowest BCUT2D eigenvalue weighted by molar-refractivity contribution is -0.126. The van der Waals surface area contributed by atoms with Crippen LogP contribution in [0.1, 0.15) is 6.92 Å². The molecule has 92 valence electrons. The van der Waals surface area contributed by atoms with E-state index in [9.17, 15) is 14.0 Å². The van der Waals surface area contributed by atoms with Crippen LogP contribution in [0.4, 0.5) is 14.9 Å². The Hall–Kier alpha value is -2.31. The second-order valence-electron chi connectivity index (χ2n) is 3.30. The lowest BCUT2D eigenvalue weighted by Crippen LogP contribution is -2.42. The maximum absolute atomic E-state index is 13.3. The van der Waals surface area contributed by atoms with E-state index in [-0.39, 0.29) is 11.4 Å². The molecule has 0 radical (unpaired) electrons. The van der Waals surface area contributed by atoms with E-state index in [1.54, 1.807) is 0 Å².